The Morgan fingerprint density at radius 3 is 2.39 bits per heavy atom. The number of nitrogens with zero attached hydrogens (tertiary/aromatic N) is 1. The Morgan fingerprint density at radius 2 is 1.77 bits per heavy atom. The van der Waals surface area contributed by atoms with Crippen LogP contribution in [-0.2, 0) is 19.6 Å². The molecule has 1 aromatic carbocycles. The van der Waals surface area contributed by atoms with Gasteiger partial charge in [-0.1, -0.05) is 11.6 Å². The van der Waals surface area contributed by atoms with Crippen molar-refractivity contribution in [1.29, 1.82) is 0 Å². The summed E-state index contributed by atoms with van der Waals surface area (Å²) in [6, 6.07) is 7.43. The van der Waals surface area contributed by atoms with E-state index < -0.39 is 27.9 Å². The molecule has 0 aliphatic carbocycles. The first-order chi connectivity index (χ1) is 14.7. The summed E-state index contributed by atoms with van der Waals surface area (Å²) in [4.78, 5) is 36.2. The number of anilines is 1. The monoisotopic (exact) mass is 485 g/mol. The summed E-state index contributed by atoms with van der Waals surface area (Å²) >= 11 is 6.97. The SMILES string of the molecule is COC(=O)NC(=O)c1ccsc1NC(=O)C1CCN(S(=O)(=O)c2ccc(Cl)cc2)CC1. The van der Waals surface area contributed by atoms with E-state index in [-0.39, 0.29) is 29.5 Å². The van der Waals surface area contributed by atoms with Crippen molar-refractivity contribution in [2.24, 2.45) is 5.92 Å². The van der Waals surface area contributed by atoms with Crippen LogP contribution in [0.5, 0.6) is 0 Å². The molecule has 9 nitrogen and oxygen atoms in total. The van der Waals surface area contributed by atoms with Crippen LogP contribution in [0, 0.1) is 5.92 Å². The number of halogens is 1. The van der Waals surface area contributed by atoms with Gasteiger partial charge in [0.1, 0.15) is 5.00 Å². The number of amides is 3. The number of nitrogens with one attached hydrogen (secondary N) is 2. The molecule has 3 amide bonds. The minimum Gasteiger partial charge on any atom is -0.453 e. The van der Waals surface area contributed by atoms with E-state index in [1.807, 2.05) is 5.32 Å². The molecule has 2 heterocycles. The highest BCUT2D eigenvalue weighted by atomic mass is 35.5. The summed E-state index contributed by atoms with van der Waals surface area (Å²) in [5.41, 5.74) is 0.145. The first-order valence-corrected chi connectivity index (χ1v) is 12.0. The lowest BCUT2D eigenvalue weighted by molar-refractivity contribution is -0.120. The summed E-state index contributed by atoms with van der Waals surface area (Å²) in [5, 5.41) is 7.12. The number of hydrogen-bond acceptors (Lipinski definition) is 7. The third kappa shape index (κ3) is 5.42. The highest BCUT2D eigenvalue weighted by Gasteiger charge is 2.32. The number of piperidine rings is 1. The topological polar surface area (TPSA) is 122 Å². The number of carbonyl (C=O) groups is 3. The van der Waals surface area contributed by atoms with Crippen molar-refractivity contribution in [3.63, 3.8) is 0 Å². The predicted molar refractivity (Wildman–Crippen MR) is 116 cm³/mol. The Balaban J connectivity index is 1.60. The quantitative estimate of drug-likeness (QED) is 0.671. The van der Waals surface area contributed by atoms with Gasteiger partial charge in [0.2, 0.25) is 15.9 Å². The number of thiophene rings is 1. The molecule has 1 aliphatic heterocycles. The molecule has 0 radical (unpaired) electrons. The zero-order valence-corrected chi connectivity index (χ0v) is 18.8. The third-order valence-corrected chi connectivity index (χ3v) is 7.82. The van der Waals surface area contributed by atoms with E-state index in [4.69, 9.17) is 11.6 Å². The molecule has 0 atom stereocenters. The fourth-order valence-electron chi connectivity index (χ4n) is 3.12. The highest BCUT2D eigenvalue weighted by Crippen LogP contribution is 2.28. The van der Waals surface area contributed by atoms with Crippen LogP contribution in [0.15, 0.2) is 40.6 Å². The second kappa shape index (κ2) is 9.77. The van der Waals surface area contributed by atoms with Crippen LogP contribution in [0.2, 0.25) is 5.02 Å². The van der Waals surface area contributed by atoms with Crippen molar-refractivity contribution in [2.45, 2.75) is 17.7 Å². The van der Waals surface area contributed by atoms with E-state index in [0.29, 0.717) is 22.9 Å². The molecule has 1 saturated heterocycles. The molecule has 1 aliphatic rings. The first-order valence-electron chi connectivity index (χ1n) is 9.25. The van der Waals surface area contributed by atoms with Crippen molar-refractivity contribution in [1.82, 2.24) is 9.62 Å². The van der Waals surface area contributed by atoms with Crippen LogP contribution >= 0.6 is 22.9 Å². The Hall–Kier alpha value is -2.47. The van der Waals surface area contributed by atoms with Gasteiger partial charge in [0.05, 0.1) is 17.6 Å². The van der Waals surface area contributed by atoms with Gasteiger partial charge in [0.25, 0.3) is 5.91 Å². The number of imide groups is 1. The van der Waals surface area contributed by atoms with Gasteiger partial charge in [-0.3, -0.25) is 14.9 Å². The highest BCUT2D eigenvalue weighted by molar-refractivity contribution is 7.89. The number of benzene rings is 1. The molecule has 31 heavy (non-hydrogen) atoms. The Kier molecular flexibility index (Phi) is 7.31. The molecule has 1 aromatic heterocycles. The summed E-state index contributed by atoms with van der Waals surface area (Å²) in [6.45, 7) is 0.395. The van der Waals surface area contributed by atoms with Gasteiger partial charge < -0.3 is 10.1 Å². The maximum atomic E-state index is 12.8. The van der Waals surface area contributed by atoms with Gasteiger partial charge in [0, 0.05) is 24.0 Å². The molecule has 2 N–H and O–H groups in total. The van der Waals surface area contributed by atoms with Crippen molar-refractivity contribution in [3.8, 4) is 0 Å². The number of carbonyl (C=O) groups excluding carboxylic acids is 3. The lowest BCUT2D eigenvalue weighted by Gasteiger charge is -2.30. The molecule has 12 heteroatoms. The molecule has 2 aromatic rings. The van der Waals surface area contributed by atoms with Crippen LogP contribution in [0.4, 0.5) is 9.80 Å². The minimum absolute atomic E-state index is 0.145. The zero-order chi connectivity index (χ0) is 22.6. The number of methoxy groups -OCH3 is 1. The Bertz CT molecular complexity index is 1080. The van der Waals surface area contributed by atoms with Crippen LogP contribution < -0.4 is 10.6 Å². The summed E-state index contributed by atoms with van der Waals surface area (Å²) in [6.07, 6.45) is -0.218. The van der Waals surface area contributed by atoms with Gasteiger partial charge in [-0.2, -0.15) is 4.31 Å². The number of ether oxygens (including phenoxy) is 1. The van der Waals surface area contributed by atoms with Crippen LogP contribution in [-0.4, -0.2) is 50.8 Å². The number of sulfonamides is 1. The van der Waals surface area contributed by atoms with Crippen LogP contribution in [0.1, 0.15) is 23.2 Å². The first kappa shape index (κ1) is 23.2. The van der Waals surface area contributed by atoms with E-state index in [1.165, 1.54) is 34.6 Å². The molecule has 0 saturated carbocycles. The molecule has 0 spiro atoms. The smallest absolute Gasteiger partial charge is 0.413 e. The van der Waals surface area contributed by atoms with E-state index in [9.17, 15) is 22.8 Å². The molecule has 3 rings (SSSR count). The standard InChI is InChI=1S/C19H20ClN3O6S2/c1-29-19(26)22-17(25)15-8-11-30-18(15)21-16(24)12-6-9-23(10-7-12)31(27,28)14-4-2-13(20)3-5-14/h2-5,8,11-12H,6-7,9-10H2,1H3,(H,21,24)(H,22,25,26). The zero-order valence-electron chi connectivity index (χ0n) is 16.5. The largest absolute Gasteiger partial charge is 0.453 e. The second-order valence-corrected chi connectivity index (χ2v) is 10.0. The van der Waals surface area contributed by atoms with Gasteiger partial charge in [-0.15, -0.1) is 11.3 Å². The van der Waals surface area contributed by atoms with E-state index in [1.54, 1.807) is 5.38 Å². The number of rotatable bonds is 5. The molecular weight excluding hydrogens is 466 g/mol. The lowest BCUT2D eigenvalue weighted by Crippen LogP contribution is -2.41. The number of alkyl carbamates (subject to hydrolysis) is 1. The molecule has 166 valence electrons. The maximum absolute atomic E-state index is 12.8. The summed E-state index contributed by atoms with van der Waals surface area (Å²) in [7, 11) is -2.52. The average molecular weight is 486 g/mol. The second-order valence-electron chi connectivity index (χ2n) is 6.73. The third-order valence-electron chi connectivity index (χ3n) is 4.82. The van der Waals surface area contributed by atoms with Crippen molar-refractivity contribution in [3.05, 3.63) is 46.3 Å². The van der Waals surface area contributed by atoms with Crippen molar-refractivity contribution < 1.29 is 27.5 Å². The minimum atomic E-state index is -3.66. The van der Waals surface area contributed by atoms with Crippen molar-refractivity contribution in [2.75, 3.05) is 25.5 Å². The van der Waals surface area contributed by atoms with Gasteiger partial charge in [0.15, 0.2) is 0 Å². The normalized spacial score (nSPS) is 15.3. The number of hydrogen-bond donors (Lipinski definition) is 2. The van der Waals surface area contributed by atoms with Crippen LogP contribution in [0.3, 0.4) is 0 Å². The average Bonchev–Trinajstić information content (AvgIpc) is 3.22. The van der Waals surface area contributed by atoms with Gasteiger partial charge in [-0.05, 0) is 48.6 Å². The van der Waals surface area contributed by atoms with Crippen molar-refractivity contribution >= 4 is 55.9 Å². The van der Waals surface area contributed by atoms with Crippen LogP contribution in [0.25, 0.3) is 0 Å². The summed E-state index contributed by atoms with van der Waals surface area (Å²) < 4.78 is 31.3. The van der Waals surface area contributed by atoms with Gasteiger partial charge >= 0.3 is 6.09 Å². The Morgan fingerprint density at radius 1 is 1.13 bits per heavy atom. The lowest BCUT2D eigenvalue weighted by atomic mass is 9.97. The molecule has 0 bridgehead atoms. The Labute approximate surface area is 188 Å². The fraction of sp³-hybridized carbons (Fsp3) is 0.316. The predicted octanol–water partition coefficient (Wildman–Crippen LogP) is 2.94. The maximum Gasteiger partial charge on any atom is 0.413 e. The molecule has 1 fully saturated rings. The van der Waals surface area contributed by atoms with Gasteiger partial charge in [-0.25, -0.2) is 13.2 Å². The molecular formula is C19H20ClN3O6S2. The molecule has 0 unspecified atom stereocenters. The van der Waals surface area contributed by atoms with E-state index in [0.717, 1.165) is 18.4 Å². The van der Waals surface area contributed by atoms with E-state index >= 15 is 0 Å². The fourth-order valence-corrected chi connectivity index (χ4v) is 5.51. The van der Waals surface area contributed by atoms with E-state index in [2.05, 4.69) is 10.1 Å². The summed E-state index contributed by atoms with van der Waals surface area (Å²) in [5.74, 6) is -1.40.